The molecule has 0 radical (unpaired) electrons. The minimum atomic E-state index is -4.73. The largest absolute Gasteiger partial charge is 1.00 e. The van der Waals surface area contributed by atoms with Gasteiger partial charge in [0.2, 0.25) is 5.95 Å². The first-order valence-electron chi connectivity index (χ1n) is 7.30. The molecule has 12 heteroatoms. The monoisotopic (exact) mass is 386 g/mol. The summed E-state index contributed by atoms with van der Waals surface area (Å²) in [7, 11) is -4.73. The van der Waals surface area contributed by atoms with Crippen molar-refractivity contribution in [3.63, 3.8) is 0 Å². The molecule has 0 saturated carbocycles. The Bertz CT molecular complexity index is 932. The first kappa shape index (κ1) is 20.8. The summed E-state index contributed by atoms with van der Waals surface area (Å²) in [6, 6.07) is 8.18. The fraction of sp³-hybridized carbons (Fsp3) is 0.214. The molecule has 0 spiro atoms. The van der Waals surface area contributed by atoms with E-state index in [-0.39, 0.29) is 54.5 Å². The van der Waals surface area contributed by atoms with Crippen LogP contribution in [0.25, 0.3) is 11.2 Å². The summed E-state index contributed by atoms with van der Waals surface area (Å²) in [6.45, 7) is 0.220. The van der Waals surface area contributed by atoms with Gasteiger partial charge in [-0.2, -0.15) is 9.97 Å². The third-order valence-electron chi connectivity index (χ3n) is 3.50. The van der Waals surface area contributed by atoms with Crippen molar-refractivity contribution in [3.8, 4) is 0 Å². The fourth-order valence-corrected chi connectivity index (χ4v) is 3.25. The molecule has 0 aliphatic rings. The van der Waals surface area contributed by atoms with Gasteiger partial charge in [-0.3, -0.25) is 0 Å². The summed E-state index contributed by atoms with van der Waals surface area (Å²) in [6.07, 6.45) is 1.48. The van der Waals surface area contributed by atoms with Crippen LogP contribution in [-0.2, 0) is 15.8 Å². The molecular weight excluding hydrogens is 370 g/mol. The van der Waals surface area contributed by atoms with Crippen LogP contribution in [0.2, 0.25) is 0 Å². The average Bonchev–Trinajstić information content (AvgIpc) is 2.94. The Morgan fingerprint density at radius 3 is 2.62 bits per heavy atom. The molecule has 0 bridgehead atoms. The number of nitrogens with two attached hydrogens (primary N) is 2. The van der Waals surface area contributed by atoms with Gasteiger partial charge in [0, 0.05) is 6.54 Å². The Morgan fingerprint density at radius 1 is 1.27 bits per heavy atom. The van der Waals surface area contributed by atoms with Crippen molar-refractivity contribution in [1.82, 2.24) is 19.5 Å². The van der Waals surface area contributed by atoms with Crippen molar-refractivity contribution < 1.29 is 48.6 Å². The molecule has 0 fully saturated rings. The van der Waals surface area contributed by atoms with E-state index < -0.39 is 13.4 Å². The van der Waals surface area contributed by atoms with E-state index in [1.165, 1.54) is 6.33 Å². The molecule has 0 aliphatic carbocycles. The second-order valence-corrected chi connectivity index (χ2v) is 6.87. The van der Waals surface area contributed by atoms with Gasteiger partial charge in [0.05, 0.1) is 12.9 Å². The van der Waals surface area contributed by atoms with Gasteiger partial charge in [-0.15, -0.1) is 0 Å². The minimum Gasteiger partial charge on any atom is -0.777 e. The number of nitrogen functional groups attached to an aromatic ring is 2. The van der Waals surface area contributed by atoms with E-state index >= 15 is 0 Å². The van der Waals surface area contributed by atoms with Gasteiger partial charge in [-0.1, -0.05) is 30.3 Å². The molecular formula is C14H16N6NaO4P. The van der Waals surface area contributed by atoms with Gasteiger partial charge < -0.3 is 35.1 Å². The number of hydrogen-bond acceptors (Lipinski definition) is 8. The van der Waals surface area contributed by atoms with E-state index in [4.69, 9.17) is 16.2 Å². The molecule has 1 aromatic carbocycles. The Morgan fingerprint density at radius 2 is 1.96 bits per heavy atom. The maximum absolute atomic E-state index is 11.6. The summed E-state index contributed by atoms with van der Waals surface area (Å²) in [5, 5.41) is 0. The van der Waals surface area contributed by atoms with Crippen LogP contribution in [0.5, 0.6) is 0 Å². The van der Waals surface area contributed by atoms with Gasteiger partial charge in [-0.25, -0.2) is 4.98 Å². The first-order valence-corrected chi connectivity index (χ1v) is 8.95. The van der Waals surface area contributed by atoms with Crippen LogP contribution in [-0.4, -0.2) is 31.0 Å². The third kappa shape index (κ3) is 4.60. The molecule has 2 unspecified atom stereocenters. The molecule has 0 amide bonds. The second-order valence-electron chi connectivity index (χ2n) is 5.28. The third-order valence-corrected chi connectivity index (χ3v) is 4.54. The first-order chi connectivity index (χ1) is 11.9. The van der Waals surface area contributed by atoms with Gasteiger partial charge in [0.15, 0.2) is 19.1 Å². The van der Waals surface area contributed by atoms with E-state index in [1.54, 1.807) is 34.9 Å². The van der Waals surface area contributed by atoms with Crippen LogP contribution in [0.3, 0.4) is 0 Å². The number of benzene rings is 1. The molecule has 132 valence electrons. The average molecular weight is 386 g/mol. The van der Waals surface area contributed by atoms with E-state index in [9.17, 15) is 14.4 Å². The zero-order chi connectivity index (χ0) is 18.0. The Labute approximate surface area is 171 Å². The number of imidazole rings is 1. The smallest absolute Gasteiger partial charge is 0.777 e. The van der Waals surface area contributed by atoms with Crippen LogP contribution in [0.15, 0.2) is 36.7 Å². The molecule has 10 nitrogen and oxygen atoms in total. The van der Waals surface area contributed by atoms with Crippen LogP contribution >= 0.6 is 7.60 Å². The number of hydrogen-bond donors (Lipinski definition) is 3. The predicted molar refractivity (Wildman–Crippen MR) is 89.1 cm³/mol. The van der Waals surface area contributed by atoms with Gasteiger partial charge >= 0.3 is 29.6 Å². The van der Waals surface area contributed by atoms with E-state index in [2.05, 4.69) is 15.0 Å². The summed E-state index contributed by atoms with van der Waals surface area (Å²) in [4.78, 5) is 33.0. The topological polar surface area (TPSA) is 165 Å². The Hall–Kier alpha value is -1.52. The van der Waals surface area contributed by atoms with E-state index in [0.717, 1.165) is 0 Å². The number of ether oxygens (including phenoxy) is 1. The van der Waals surface area contributed by atoms with E-state index in [0.29, 0.717) is 16.7 Å². The molecule has 3 rings (SSSR count). The fourth-order valence-electron chi connectivity index (χ4n) is 2.41. The standard InChI is InChI=1S/C14H17N6O4P.Na/c15-11-10-12(19-14(16)18-11)20(8-17-10)6-7-24-13(25(21,22)23)9-4-2-1-3-5-9;/h1-5,8,13H,6-7H2,(H2,21,22,23)(H4,15,16,18,19);/q;+1/p-1. The number of aromatic nitrogens is 4. The van der Waals surface area contributed by atoms with Crippen LogP contribution < -0.4 is 45.9 Å². The Kier molecular flexibility index (Phi) is 6.75. The molecule has 2 heterocycles. The Balaban J connectivity index is 0.00000243. The molecule has 2 aromatic heterocycles. The molecule has 5 N–H and O–H groups in total. The molecule has 2 atom stereocenters. The maximum atomic E-state index is 11.6. The van der Waals surface area contributed by atoms with Crippen LogP contribution in [0.4, 0.5) is 11.8 Å². The zero-order valence-electron chi connectivity index (χ0n) is 14.0. The van der Waals surface area contributed by atoms with Crippen molar-refractivity contribution >= 4 is 30.5 Å². The summed E-state index contributed by atoms with van der Waals surface area (Å²) in [5.74, 6) is -1.29. The van der Waals surface area contributed by atoms with Gasteiger partial charge in [-0.05, 0) is 5.56 Å². The number of rotatable bonds is 6. The molecule has 0 saturated heterocycles. The SMILES string of the molecule is Nc1nc(N)c2ncn(CCOC(c3ccccc3)P(=O)([O-])O)c2n1.[Na+]. The summed E-state index contributed by atoms with van der Waals surface area (Å²) < 4.78 is 18.6. The molecule has 3 aromatic rings. The quantitative estimate of drug-likeness (QED) is 0.301. The number of nitrogens with zero attached hydrogens (tertiary/aromatic N) is 4. The van der Waals surface area contributed by atoms with Crippen molar-refractivity contribution in [2.75, 3.05) is 18.1 Å². The zero-order valence-corrected chi connectivity index (χ0v) is 16.9. The van der Waals surface area contributed by atoms with Crippen molar-refractivity contribution in [3.05, 3.63) is 42.2 Å². The number of anilines is 2. The van der Waals surface area contributed by atoms with Crippen LogP contribution in [0, 0.1) is 0 Å². The van der Waals surface area contributed by atoms with Crippen LogP contribution in [0.1, 0.15) is 11.4 Å². The van der Waals surface area contributed by atoms with Crippen molar-refractivity contribution in [2.24, 2.45) is 0 Å². The normalized spacial score (nSPS) is 14.5. The molecule has 26 heavy (non-hydrogen) atoms. The second kappa shape index (κ2) is 8.45. The number of fused-ring (bicyclic) bond motifs is 1. The summed E-state index contributed by atoms with van der Waals surface area (Å²) >= 11 is 0. The van der Waals surface area contributed by atoms with Gasteiger partial charge in [0.1, 0.15) is 11.4 Å². The molecule has 0 aliphatic heterocycles. The van der Waals surface area contributed by atoms with Crippen molar-refractivity contribution in [2.45, 2.75) is 12.4 Å². The van der Waals surface area contributed by atoms with Crippen molar-refractivity contribution in [1.29, 1.82) is 0 Å². The maximum Gasteiger partial charge on any atom is 1.00 e. The van der Waals surface area contributed by atoms with E-state index in [1.807, 2.05) is 0 Å². The van der Waals surface area contributed by atoms with Gasteiger partial charge in [0.25, 0.3) is 0 Å². The predicted octanol–water partition coefficient (Wildman–Crippen LogP) is -2.74. The summed E-state index contributed by atoms with van der Waals surface area (Å²) in [5.41, 5.74) is 12.5. The minimum absolute atomic E-state index is 0.